The van der Waals surface area contributed by atoms with Crippen LogP contribution in [-0.2, 0) is 17.9 Å². The lowest BCUT2D eigenvalue weighted by Gasteiger charge is -2.12. The molecule has 3 rings (SSSR count). The second-order valence-electron chi connectivity index (χ2n) is 6.29. The van der Waals surface area contributed by atoms with E-state index in [0.717, 1.165) is 11.3 Å². The summed E-state index contributed by atoms with van der Waals surface area (Å²) in [4.78, 5) is 24.7. The van der Waals surface area contributed by atoms with Crippen LogP contribution >= 0.6 is 0 Å². The maximum Gasteiger partial charge on any atom is 0.253 e. The molecular formula is C22H23N3O4. The van der Waals surface area contributed by atoms with Crippen LogP contribution in [0.25, 0.3) is 0 Å². The molecule has 29 heavy (non-hydrogen) atoms. The number of nitrogens with one attached hydrogen (secondary N) is 3. The molecule has 1 heterocycles. The first-order chi connectivity index (χ1) is 14.2. The number of para-hydroxylation sites is 1. The molecule has 0 atom stereocenters. The van der Waals surface area contributed by atoms with Crippen molar-refractivity contribution >= 4 is 17.5 Å². The first-order valence-corrected chi connectivity index (χ1v) is 9.19. The van der Waals surface area contributed by atoms with Gasteiger partial charge < -0.3 is 25.1 Å². The zero-order valence-electron chi connectivity index (χ0n) is 16.1. The topological polar surface area (TPSA) is 92.6 Å². The van der Waals surface area contributed by atoms with Crippen molar-refractivity contribution in [2.45, 2.75) is 13.1 Å². The molecular weight excluding hydrogens is 370 g/mol. The number of rotatable bonds is 9. The molecule has 0 aliphatic carbocycles. The van der Waals surface area contributed by atoms with Crippen LogP contribution in [0.15, 0.2) is 71.3 Å². The summed E-state index contributed by atoms with van der Waals surface area (Å²) >= 11 is 0. The molecule has 0 radical (unpaired) electrons. The largest absolute Gasteiger partial charge is 0.497 e. The number of furan rings is 1. The Hall–Kier alpha value is -3.74. The zero-order chi connectivity index (χ0) is 20.5. The van der Waals surface area contributed by atoms with Crippen molar-refractivity contribution in [3.63, 3.8) is 0 Å². The van der Waals surface area contributed by atoms with Gasteiger partial charge in [0.25, 0.3) is 5.91 Å². The molecule has 1 aromatic heterocycles. The van der Waals surface area contributed by atoms with E-state index >= 15 is 0 Å². The molecule has 2 amide bonds. The smallest absolute Gasteiger partial charge is 0.253 e. The molecule has 7 nitrogen and oxygen atoms in total. The molecule has 2 aromatic carbocycles. The third kappa shape index (κ3) is 5.87. The third-order valence-electron chi connectivity index (χ3n) is 4.24. The van der Waals surface area contributed by atoms with Crippen molar-refractivity contribution < 1.29 is 18.7 Å². The van der Waals surface area contributed by atoms with Crippen LogP contribution in [0.4, 0.5) is 5.69 Å². The van der Waals surface area contributed by atoms with E-state index in [1.165, 1.54) is 0 Å². The first kappa shape index (κ1) is 20.0. The molecule has 0 bridgehead atoms. The molecule has 0 saturated carbocycles. The van der Waals surface area contributed by atoms with Crippen LogP contribution in [0, 0.1) is 0 Å². The second kappa shape index (κ2) is 9.98. The van der Waals surface area contributed by atoms with Crippen LogP contribution in [0.3, 0.4) is 0 Å². The Morgan fingerprint density at radius 2 is 1.83 bits per heavy atom. The predicted molar refractivity (Wildman–Crippen MR) is 110 cm³/mol. The van der Waals surface area contributed by atoms with Crippen molar-refractivity contribution in [1.29, 1.82) is 0 Å². The summed E-state index contributed by atoms with van der Waals surface area (Å²) in [5.41, 5.74) is 1.98. The number of carbonyl (C=O) groups is 2. The van der Waals surface area contributed by atoms with Gasteiger partial charge in [0, 0.05) is 12.2 Å². The van der Waals surface area contributed by atoms with E-state index < -0.39 is 0 Å². The Morgan fingerprint density at radius 1 is 0.966 bits per heavy atom. The Balaban J connectivity index is 1.52. The van der Waals surface area contributed by atoms with Crippen LogP contribution < -0.4 is 20.7 Å². The molecule has 0 saturated heterocycles. The molecule has 150 valence electrons. The minimum atomic E-state index is -0.249. The quantitative estimate of drug-likeness (QED) is 0.520. The first-order valence-electron chi connectivity index (χ1n) is 9.19. The molecule has 0 fully saturated rings. The molecule has 0 unspecified atom stereocenters. The van der Waals surface area contributed by atoms with Gasteiger partial charge in [0.05, 0.1) is 32.0 Å². The van der Waals surface area contributed by atoms with Crippen molar-refractivity contribution in [3.05, 3.63) is 83.8 Å². The summed E-state index contributed by atoms with van der Waals surface area (Å²) in [6.07, 6.45) is 1.56. The van der Waals surface area contributed by atoms with Crippen molar-refractivity contribution in [1.82, 2.24) is 10.6 Å². The van der Waals surface area contributed by atoms with Crippen LogP contribution in [0.5, 0.6) is 5.75 Å². The lowest BCUT2D eigenvalue weighted by Crippen LogP contribution is -2.30. The van der Waals surface area contributed by atoms with E-state index in [2.05, 4.69) is 16.0 Å². The standard InChI is InChI=1S/C22H23N3O4/c1-28-17-7-4-6-16(12-17)13-24-21(26)15-23-20-10-3-2-9-19(20)22(27)25-14-18-8-5-11-29-18/h2-12,23H,13-15H2,1H3,(H,24,26)(H,25,27). The highest BCUT2D eigenvalue weighted by molar-refractivity contribution is 6.00. The number of ether oxygens (including phenoxy) is 1. The molecule has 0 aliphatic rings. The average Bonchev–Trinajstić information content (AvgIpc) is 3.28. The maximum atomic E-state index is 12.5. The second-order valence-corrected chi connectivity index (χ2v) is 6.29. The molecule has 0 aliphatic heterocycles. The number of carbonyl (C=O) groups excluding carboxylic acids is 2. The highest BCUT2D eigenvalue weighted by Gasteiger charge is 2.12. The lowest BCUT2D eigenvalue weighted by atomic mass is 10.1. The highest BCUT2D eigenvalue weighted by Crippen LogP contribution is 2.15. The number of hydrogen-bond acceptors (Lipinski definition) is 5. The monoisotopic (exact) mass is 393 g/mol. The molecule has 3 aromatic rings. The van der Waals surface area contributed by atoms with E-state index in [1.807, 2.05) is 24.3 Å². The van der Waals surface area contributed by atoms with Crippen LogP contribution in [0.1, 0.15) is 21.7 Å². The fourth-order valence-electron chi connectivity index (χ4n) is 2.73. The van der Waals surface area contributed by atoms with Gasteiger partial charge in [-0.25, -0.2) is 0 Å². The molecule has 0 spiro atoms. The van der Waals surface area contributed by atoms with Gasteiger partial charge in [0.15, 0.2) is 0 Å². The summed E-state index contributed by atoms with van der Waals surface area (Å²) in [6, 6.07) is 18.1. The van der Waals surface area contributed by atoms with E-state index in [1.54, 1.807) is 49.8 Å². The van der Waals surface area contributed by atoms with Crippen molar-refractivity contribution in [3.8, 4) is 5.75 Å². The van der Waals surface area contributed by atoms with Crippen molar-refractivity contribution in [2.24, 2.45) is 0 Å². The predicted octanol–water partition coefficient (Wildman–Crippen LogP) is 2.95. The van der Waals surface area contributed by atoms with Gasteiger partial charge >= 0.3 is 0 Å². The number of methoxy groups -OCH3 is 1. The minimum absolute atomic E-state index is 0.0481. The molecule has 3 N–H and O–H groups in total. The fourth-order valence-corrected chi connectivity index (χ4v) is 2.73. The highest BCUT2D eigenvalue weighted by atomic mass is 16.5. The number of amides is 2. The normalized spacial score (nSPS) is 10.2. The van der Waals surface area contributed by atoms with Gasteiger partial charge in [-0.2, -0.15) is 0 Å². The van der Waals surface area contributed by atoms with E-state index in [0.29, 0.717) is 30.1 Å². The number of anilines is 1. The van der Waals surface area contributed by atoms with Crippen LogP contribution in [-0.4, -0.2) is 25.5 Å². The minimum Gasteiger partial charge on any atom is -0.497 e. The van der Waals surface area contributed by atoms with Gasteiger partial charge in [-0.3, -0.25) is 9.59 Å². The zero-order valence-corrected chi connectivity index (χ0v) is 16.1. The Kier molecular flexibility index (Phi) is 6.89. The Morgan fingerprint density at radius 3 is 2.62 bits per heavy atom. The summed E-state index contributed by atoms with van der Waals surface area (Å²) in [5.74, 6) is 0.977. The number of benzene rings is 2. The number of hydrogen-bond donors (Lipinski definition) is 3. The SMILES string of the molecule is COc1cccc(CNC(=O)CNc2ccccc2C(=O)NCc2ccco2)c1. The van der Waals surface area contributed by atoms with Crippen molar-refractivity contribution in [2.75, 3.05) is 19.0 Å². The van der Waals surface area contributed by atoms with Crippen LogP contribution in [0.2, 0.25) is 0 Å². The van der Waals surface area contributed by atoms with Gasteiger partial charge in [0.1, 0.15) is 11.5 Å². The van der Waals surface area contributed by atoms with Gasteiger partial charge in [-0.05, 0) is 42.0 Å². The van der Waals surface area contributed by atoms with Gasteiger partial charge in [0.2, 0.25) is 5.91 Å². The lowest BCUT2D eigenvalue weighted by molar-refractivity contribution is -0.119. The van der Waals surface area contributed by atoms with Gasteiger partial charge in [-0.1, -0.05) is 24.3 Å². The van der Waals surface area contributed by atoms with Gasteiger partial charge in [-0.15, -0.1) is 0 Å². The van der Waals surface area contributed by atoms with E-state index in [4.69, 9.17) is 9.15 Å². The van der Waals surface area contributed by atoms with E-state index in [9.17, 15) is 9.59 Å². The third-order valence-corrected chi connectivity index (χ3v) is 4.24. The van der Waals surface area contributed by atoms with E-state index in [-0.39, 0.29) is 18.4 Å². The maximum absolute atomic E-state index is 12.5. The summed E-state index contributed by atoms with van der Waals surface area (Å²) in [7, 11) is 1.60. The summed E-state index contributed by atoms with van der Waals surface area (Å²) in [6.45, 7) is 0.733. The summed E-state index contributed by atoms with van der Waals surface area (Å²) < 4.78 is 10.4. The Labute approximate surface area is 169 Å². The Bertz CT molecular complexity index is 954. The fraction of sp³-hybridized carbons (Fsp3) is 0.182. The molecule has 7 heteroatoms. The summed E-state index contributed by atoms with van der Waals surface area (Å²) in [5, 5.41) is 8.67. The average molecular weight is 393 g/mol.